The van der Waals surface area contributed by atoms with Crippen molar-refractivity contribution in [1.29, 1.82) is 0 Å². The Morgan fingerprint density at radius 3 is 2.58 bits per heavy atom. The Hall–Kier alpha value is -2.93. The van der Waals surface area contributed by atoms with Gasteiger partial charge in [0.2, 0.25) is 5.95 Å². The average Bonchev–Trinajstić information content (AvgIpc) is 3.64. The summed E-state index contributed by atoms with van der Waals surface area (Å²) < 4.78 is 20.5. The summed E-state index contributed by atoms with van der Waals surface area (Å²) in [4.78, 5) is 19.4. The SMILES string of the molecule is CCc1cnc(N2CCC([C@H]3C[C@H]3COCc3ccc(-c4ccncn4)c(F)c3)CC2)nc1. The van der Waals surface area contributed by atoms with E-state index in [4.69, 9.17) is 4.74 Å². The second-order valence-electron chi connectivity index (χ2n) is 9.15. The summed E-state index contributed by atoms with van der Waals surface area (Å²) in [5.41, 5.74) is 3.11. The van der Waals surface area contributed by atoms with Crippen molar-refractivity contribution in [3.63, 3.8) is 0 Å². The summed E-state index contributed by atoms with van der Waals surface area (Å²) in [6.07, 6.45) is 11.5. The first-order chi connectivity index (χ1) is 16.2. The fourth-order valence-electron chi connectivity index (χ4n) is 4.90. The molecule has 2 aliphatic rings. The van der Waals surface area contributed by atoms with Crippen molar-refractivity contribution in [3.8, 4) is 11.3 Å². The number of aryl methyl sites for hydroxylation is 1. The van der Waals surface area contributed by atoms with Crippen molar-refractivity contribution < 1.29 is 9.13 Å². The second-order valence-corrected chi connectivity index (χ2v) is 9.15. The summed E-state index contributed by atoms with van der Waals surface area (Å²) in [6, 6.07) is 6.94. The number of ether oxygens (including phenoxy) is 1. The number of aromatic nitrogens is 4. The molecule has 0 amide bonds. The van der Waals surface area contributed by atoms with Crippen LogP contribution in [0.5, 0.6) is 0 Å². The highest BCUT2D eigenvalue weighted by atomic mass is 19.1. The lowest BCUT2D eigenvalue weighted by atomic mass is 9.91. The van der Waals surface area contributed by atoms with Crippen LogP contribution in [0.25, 0.3) is 11.3 Å². The van der Waals surface area contributed by atoms with Crippen LogP contribution in [0.4, 0.5) is 10.3 Å². The minimum Gasteiger partial charge on any atom is -0.376 e. The van der Waals surface area contributed by atoms with Crippen LogP contribution in [0.3, 0.4) is 0 Å². The van der Waals surface area contributed by atoms with Crippen LogP contribution in [-0.4, -0.2) is 39.6 Å². The molecule has 7 heteroatoms. The van der Waals surface area contributed by atoms with E-state index < -0.39 is 0 Å². The van der Waals surface area contributed by atoms with Gasteiger partial charge in [-0.05, 0) is 72.8 Å². The minimum atomic E-state index is -0.279. The number of benzene rings is 1. The van der Waals surface area contributed by atoms with E-state index in [-0.39, 0.29) is 5.82 Å². The van der Waals surface area contributed by atoms with E-state index in [1.165, 1.54) is 31.2 Å². The predicted molar refractivity (Wildman–Crippen MR) is 125 cm³/mol. The normalized spacial score (nSPS) is 20.7. The molecule has 0 spiro atoms. The Morgan fingerprint density at radius 1 is 1.06 bits per heavy atom. The topological polar surface area (TPSA) is 64.0 Å². The molecule has 33 heavy (non-hydrogen) atoms. The third-order valence-electron chi connectivity index (χ3n) is 7.00. The molecule has 0 radical (unpaired) electrons. The van der Waals surface area contributed by atoms with Gasteiger partial charge < -0.3 is 9.64 Å². The third-order valence-corrected chi connectivity index (χ3v) is 7.00. The Balaban J connectivity index is 1.05. The van der Waals surface area contributed by atoms with Gasteiger partial charge in [0.25, 0.3) is 0 Å². The fraction of sp³-hybridized carbons (Fsp3) is 0.462. The third kappa shape index (κ3) is 5.19. The number of piperidine rings is 1. The molecule has 3 heterocycles. The van der Waals surface area contributed by atoms with Crippen molar-refractivity contribution in [2.24, 2.45) is 17.8 Å². The maximum atomic E-state index is 14.5. The van der Waals surface area contributed by atoms with E-state index in [2.05, 4.69) is 31.8 Å². The van der Waals surface area contributed by atoms with Gasteiger partial charge in [0.15, 0.2) is 0 Å². The standard InChI is InChI=1S/C26H30FN5O/c1-2-18-13-29-26(30-14-18)32-9-6-20(7-10-32)23-12-21(23)16-33-15-19-3-4-22(24(27)11-19)25-5-8-28-17-31-25/h3-5,8,11,13-14,17,20-21,23H,2,6-7,9-10,12,15-16H2,1H3/t21-,23+/m0/s1. The monoisotopic (exact) mass is 447 g/mol. The van der Waals surface area contributed by atoms with Gasteiger partial charge >= 0.3 is 0 Å². The van der Waals surface area contributed by atoms with Gasteiger partial charge in [-0.2, -0.15) is 0 Å². The highest BCUT2D eigenvalue weighted by Crippen LogP contribution is 2.48. The van der Waals surface area contributed by atoms with Crippen molar-refractivity contribution in [1.82, 2.24) is 19.9 Å². The second kappa shape index (κ2) is 9.91. The molecular weight excluding hydrogens is 417 g/mol. The lowest BCUT2D eigenvalue weighted by Crippen LogP contribution is -2.35. The van der Waals surface area contributed by atoms with Crippen LogP contribution in [-0.2, 0) is 17.8 Å². The zero-order chi connectivity index (χ0) is 22.6. The molecule has 1 saturated carbocycles. The van der Waals surface area contributed by atoms with Gasteiger partial charge in [-0.1, -0.05) is 13.0 Å². The number of halogens is 1. The molecule has 0 unspecified atom stereocenters. The van der Waals surface area contributed by atoms with E-state index in [1.807, 2.05) is 18.5 Å². The van der Waals surface area contributed by atoms with Crippen LogP contribution < -0.4 is 4.90 Å². The number of anilines is 1. The van der Waals surface area contributed by atoms with Crippen LogP contribution in [0.15, 0.2) is 49.2 Å². The van der Waals surface area contributed by atoms with E-state index in [0.717, 1.165) is 49.5 Å². The zero-order valence-corrected chi connectivity index (χ0v) is 19.0. The number of hydrogen-bond acceptors (Lipinski definition) is 6. The molecule has 1 aliphatic heterocycles. The average molecular weight is 448 g/mol. The largest absolute Gasteiger partial charge is 0.376 e. The van der Waals surface area contributed by atoms with Crippen LogP contribution in [0.1, 0.15) is 37.3 Å². The molecule has 172 valence electrons. The summed E-state index contributed by atoms with van der Waals surface area (Å²) in [5.74, 6) is 2.73. The Morgan fingerprint density at radius 2 is 1.88 bits per heavy atom. The van der Waals surface area contributed by atoms with E-state index >= 15 is 0 Å². The van der Waals surface area contributed by atoms with Crippen molar-refractivity contribution >= 4 is 5.95 Å². The number of rotatable bonds is 8. The predicted octanol–water partition coefficient (Wildman–Crippen LogP) is 4.70. The Labute approximate surface area is 194 Å². The van der Waals surface area contributed by atoms with Crippen LogP contribution >= 0.6 is 0 Å². The van der Waals surface area contributed by atoms with Gasteiger partial charge in [-0.25, -0.2) is 24.3 Å². The molecule has 3 aromatic rings. The molecule has 2 atom stereocenters. The molecule has 0 N–H and O–H groups in total. The molecule has 2 aromatic heterocycles. The Kier molecular flexibility index (Phi) is 6.58. The van der Waals surface area contributed by atoms with E-state index in [0.29, 0.717) is 23.8 Å². The number of hydrogen-bond donors (Lipinski definition) is 0. The molecule has 1 aromatic carbocycles. The fourth-order valence-corrected chi connectivity index (χ4v) is 4.90. The van der Waals surface area contributed by atoms with Crippen molar-refractivity contribution in [3.05, 3.63) is 66.1 Å². The first-order valence-corrected chi connectivity index (χ1v) is 11.9. The summed E-state index contributed by atoms with van der Waals surface area (Å²) >= 11 is 0. The minimum absolute atomic E-state index is 0.279. The molecule has 0 bridgehead atoms. The maximum absolute atomic E-state index is 14.5. The van der Waals surface area contributed by atoms with Crippen LogP contribution in [0.2, 0.25) is 0 Å². The quantitative estimate of drug-likeness (QED) is 0.499. The first kappa shape index (κ1) is 21.9. The summed E-state index contributed by atoms with van der Waals surface area (Å²) in [5, 5.41) is 0. The van der Waals surface area contributed by atoms with Gasteiger partial charge in [0.05, 0.1) is 18.9 Å². The molecular formula is C26H30FN5O. The first-order valence-electron chi connectivity index (χ1n) is 11.9. The zero-order valence-electron chi connectivity index (χ0n) is 19.0. The molecule has 6 nitrogen and oxygen atoms in total. The van der Waals surface area contributed by atoms with Crippen LogP contribution in [0, 0.1) is 23.6 Å². The number of nitrogens with zero attached hydrogens (tertiary/aromatic N) is 5. The summed E-state index contributed by atoms with van der Waals surface area (Å²) in [6.45, 7) is 5.36. The molecule has 1 aliphatic carbocycles. The van der Waals surface area contributed by atoms with Gasteiger partial charge in [0.1, 0.15) is 12.1 Å². The van der Waals surface area contributed by atoms with Crippen molar-refractivity contribution in [2.45, 2.75) is 39.2 Å². The highest BCUT2D eigenvalue weighted by molar-refractivity contribution is 5.59. The van der Waals surface area contributed by atoms with Gasteiger partial charge in [0, 0.05) is 37.2 Å². The molecule has 1 saturated heterocycles. The van der Waals surface area contributed by atoms with E-state index in [1.54, 1.807) is 24.4 Å². The lowest BCUT2D eigenvalue weighted by Gasteiger charge is -2.32. The molecule has 2 fully saturated rings. The maximum Gasteiger partial charge on any atom is 0.225 e. The highest BCUT2D eigenvalue weighted by Gasteiger charge is 2.43. The van der Waals surface area contributed by atoms with Gasteiger partial charge in [-0.15, -0.1) is 0 Å². The summed E-state index contributed by atoms with van der Waals surface area (Å²) in [7, 11) is 0. The van der Waals surface area contributed by atoms with Crippen molar-refractivity contribution in [2.75, 3.05) is 24.6 Å². The smallest absolute Gasteiger partial charge is 0.225 e. The van der Waals surface area contributed by atoms with Gasteiger partial charge in [-0.3, -0.25) is 0 Å². The molecule has 5 rings (SSSR count). The van der Waals surface area contributed by atoms with E-state index in [9.17, 15) is 4.39 Å². The lowest BCUT2D eigenvalue weighted by molar-refractivity contribution is 0.104. The Bertz CT molecular complexity index is 1050.